The van der Waals surface area contributed by atoms with Gasteiger partial charge in [0.1, 0.15) is 23.5 Å². The summed E-state index contributed by atoms with van der Waals surface area (Å²) in [6.07, 6.45) is 5.54. The molecule has 36 heavy (non-hydrogen) atoms. The number of hydrogen-bond acceptors (Lipinski definition) is 5. The van der Waals surface area contributed by atoms with Crippen LogP contribution in [0.3, 0.4) is 0 Å². The fraction of sp³-hybridized carbons (Fsp3) is 0.621. The normalized spacial score (nSPS) is 12.3. The lowest BCUT2D eigenvalue weighted by Gasteiger charge is -2.31. The minimum atomic E-state index is -0.377. The Morgan fingerprint density at radius 1 is 1.06 bits per heavy atom. The molecule has 3 aromatic rings. The number of pyridine rings is 1. The number of carbonyl (C=O) groups excluding carboxylic acids is 1. The predicted molar refractivity (Wildman–Crippen MR) is 150 cm³/mol. The third-order valence-electron chi connectivity index (χ3n) is 6.34. The Bertz CT molecular complexity index is 1170. The van der Waals surface area contributed by atoms with Gasteiger partial charge >= 0.3 is 0 Å². The van der Waals surface area contributed by atoms with Crippen LogP contribution < -0.4 is 15.1 Å². The first-order chi connectivity index (χ1) is 16.9. The Morgan fingerprint density at radius 2 is 1.78 bits per heavy atom. The summed E-state index contributed by atoms with van der Waals surface area (Å²) in [5.41, 5.74) is 2.52. The van der Waals surface area contributed by atoms with E-state index in [9.17, 15) is 4.79 Å². The highest BCUT2D eigenvalue weighted by Crippen LogP contribution is 2.33. The summed E-state index contributed by atoms with van der Waals surface area (Å²) in [7, 11) is 4.00. The highest BCUT2D eigenvalue weighted by molar-refractivity contribution is 6.07. The maximum atomic E-state index is 12.7. The largest absolute Gasteiger partial charge is 0.412 e. The molecule has 0 aliphatic heterocycles. The number of carbonyl (C=O) groups is 1. The number of hydrogen-bond donors (Lipinski definition) is 1. The Kier molecular flexibility index (Phi) is 8.85. The molecule has 1 amide bonds. The van der Waals surface area contributed by atoms with Crippen molar-refractivity contribution >= 4 is 33.7 Å². The summed E-state index contributed by atoms with van der Waals surface area (Å²) in [4.78, 5) is 30.9. The average molecular weight is 496 g/mol. The summed E-state index contributed by atoms with van der Waals surface area (Å²) >= 11 is 0. The minimum absolute atomic E-state index is 0.115. The van der Waals surface area contributed by atoms with Crippen LogP contribution in [0.25, 0.3) is 21.9 Å². The smallest absolute Gasteiger partial charge is 0.225 e. The van der Waals surface area contributed by atoms with E-state index in [2.05, 4.69) is 39.1 Å². The highest BCUT2D eigenvalue weighted by Gasteiger charge is 2.32. The van der Waals surface area contributed by atoms with Crippen molar-refractivity contribution in [2.24, 2.45) is 10.8 Å². The van der Waals surface area contributed by atoms with E-state index in [0.717, 1.165) is 72.1 Å². The molecule has 0 saturated heterocycles. The fourth-order valence-corrected chi connectivity index (χ4v) is 4.96. The zero-order valence-corrected chi connectivity index (χ0v) is 23.6. The lowest BCUT2D eigenvalue weighted by Crippen LogP contribution is -2.39. The number of aromatic nitrogens is 3. The molecule has 0 spiro atoms. The van der Waals surface area contributed by atoms with Gasteiger partial charge in [-0.3, -0.25) is 4.79 Å². The monoisotopic (exact) mass is 495 g/mol. The van der Waals surface area contributed by atoms with Gasteiger partial charge in [-0.1, -0.05) is 66.2 Å². The van der Waals surface area contributed by atoms with Gasteiger partial charge in [-0.25, -0.2) is 9.97 Å². The first-order valence-corrected chi connectivity index (χ1v) is 13.3. The number of imidazole rings is 1. The number of benzene rings is 1. The van der Waals surface area contributed by atoms with Crippen LogP contribution in [0.1, 0.15) is 79.5 Å². The van der Waals surface area contributed by atoms with E-state index < -0.39 is 0 Å². The van der Waals surface area contributed by atoms with Crippen LogP contribution in [-0.2, 0) is 11.2 Å². The first-order valence-electron chi connectivity index (χ1n) is 13.3. The van der Waals surface area contributed by atoms with E-state index in [1.807, 2.05) is 55.8 Å². The van der Waals surface area contributed by atoms with Crippen LogP contribution >= 0.6 is 0 Å². The highest BCUT2D eigenvalue weighted by atomic mass is 16.7. The second kappa shape index (κ2) is 11.5. The minimum Gasteiger partial charge on any atom is -0.412 e. The molecule has 7 nitrogen and oxygen atoms in total. The number of rotatable bonds is 12. The molecule has 3 rings (SSSR count). The van der Waals surface area contributed by atoms with Crippen LogP contribution in [-0.4, -0.2) is 47.9 Å². The molecule has 0 radical (unpaired) electrons. The molecule has 0 fully saturated rings. The maximum Gasteiger partial charge on any atom is 0.225 e. The van der Waals surface area contributed by atoms with Crippen LogP contribution in [0.15, 0.2) is 24.3 Å². The van der Waals surface area contributed by atoms with Gasteiger partial charge in [0.25, 0.3) is 0 Å². The maximum absolute atomic E-state index is 12.7. The number of amides is 1. The third kappa shape index (κ3) is 6.68. The molecule has 2 aromatic heterocycles. The quantitative estimate of drug-likeness (QED) is 0.323. The molecule has 0 saturated carbocycles. The first kappa shape index (κ1) is 27.8. The number of anilines is 1. The summed E-state index contributed by atoms with van der Waals surface area (Å²) in [6.45, 7) is 14.0. The molecular formula is C29H45N5O2. The van der Waals surface area contributed by atoms with Crippen LogP contribution in [0, 0.1) is 10.8 Å². The van der Waals surface area contributed by atoms with Crippen molar-refractivity contribution in [3.8, 4) is 0 Å². The van der Waals surface area contributed by atoms with Crippen molar-refractivity contribution in [2.45, 2.75) is 80.1 Å². The molecule has 2 heterocycles. The van der Waals surface area contributed by atoms with Crippen molar-refractivity contribution in [3.05, 3.63) is 30.1 Å². The second-order valence-electron chi connectivity index (χ2n) is 11.9. The summed E-state index contributed by atoms with van der Waals surface area (Å²) < 4.78 is 1.94. The molecular weight excluding hydrogens is 450 g/mol. The number of para-hydroxylation sites is 1. The number of nitrogens with zero attached hydrogens (tertiary/aromatic N) is 4. The Hall–Kier alpha value is -2.83. The summed E-state index contributed by atoms with van der Waals surface area (Å²) in [5, 5.41) is 4.17. The van der Waals surface area contributed by atoms with E-state index in [0.29, 0.717) is 13.2 Å². The molecule has 198 valence electrons. The standard InChI is InChI=1S/C29H45N5O2/c1-9-10-17-23-32-24-25(21-15-11-12-16-22(21)31-26(24)33(7)8)34(23)36-19-14-13-18-30-27(35)29(5,6)20-28(2,3)4/h11-12,15-16H,9-10,13-14,17-20H2,1-8H3,(H,30,35). The Labute approximate surface area is 216 Å². The van der Waals surface area contributed by atoms with Crippen molar-refractivity contribution in [3.63, 3.8) is 0 Å². The predicted octanol–water partition coefficient (Wildman–Crippen LogP) is 5.78. The van der Waals surface area contributed by atoms with E-state index >= 15 is 0 Å². The molecule has 0 aliphatic rings. The zero-order valence-electron chi connectivity index (χ0n) is 23.6. The van der Waals surface area contributed by atoms with E-state index in [-0.39, 0.29) is 16.7 Å². The van der Waals surface area contributed by atoms with Gasteiger partial charge in [-0.2, -0.15) is 4.73 Å². The van der Waals surface area contributed by atoms with Gasteiger partial charge in [0.05, 0.1) is 5.52 Å². The van der Waals surface area contributed by atoms with Crippen molar-refractivity contribution in [2.75, 3.05) is 32.1 Å². The molecule has 0 aliphatic carbocycles. The van der Waals surface area contributed by atoms with Crippen LogP contribution in [0.2, 0.25) is 0 Å². The number of nitrogens with one attached hydrogen (secondary N) is 1. The van der Waals surface area contributed by atoms with Gasteiger partial charge in [0.15, 0.2) is 5.82 Å². The van der Waals surface area contributed by atoms with Crippen molar-refractivity contribution < 1.29 is 9.63 Å². The van der Waals surface area contributed by atoms with E-state index in [4.69, 9.17) is 14.8 Å². The van der Waals surface area contributed by atoms with Gasteiger partial charge in [0, 0.05) is 37.9 Å². The SMILES string of the molecule is CCCCc1nc2c(N(C)C)nc3ccccc3c2n1OCCCCNC(=O)C(C)(C)CC(C)(C)C. The number of unbranched alkanes of at least 4 members (excludes halogenated alkanes) is 2. The molecule has 1 N–H and O–H groups in total. The number of fused-ring (bicyclic) bond motifs is 3. The molecule has 0 atom stereocenters. The summed E-state index contributed by atoms with van der Waals surface area (Å²) in [5.74, 6) is 1.91. The molecule has 7 heteroatoms. The van der Waals surface area contributed by atoms with Gasteiger partial charge in [-0.15, -0.1) is 0 Å². The second-order valence-corrected chi connectivity index (χ2v) is 11.9. The molecule has 0 bridgehead atoms. The summed E-state index contributed by atoms with van der Waals surface area (Å²) in [6, 6.07) is 8.17. The van der Waals surface area contributed by atoms with E-state index in [1.54, 1.807) is 0 Å². The van der Waals surface area contributed by atoms with Gasteiger partial charge in [-0.05, 0) is 37.2 Å². The van der Waals surface area contributed by atoms with Crippen LogP contribution in [0.5, 0.6) is 0 Å². The van der Waals surface area contributed by atoms with Crippen LogP contribution in [0.4, 0.5) is 5.82 Å². The fourth-order valence-electron chi connectivity index (χ4n) is 4.96. The zero-order chi connectivity index (χ0) is 26.5. The average Bonchev–Trinajstić information content (AvgIpc) is 3.15. The Balaban J connectivity index is 1.72. The Morgan fingerprint density at radius 3 is 2.44 bits per heavy atom. The lowest BCUT2D eigenvalue weighted by atomic mass is 9.76. The van der Waals surface area contributed by atoms with E-state index in [1.165, 1.54) is 0 Å². The molecule has 1 aromatic carbocycles. The van der Waals surface area contributed by atoms with Gasteiger partial charge in [0.2, 0.25) is 5.91 Å². The topological polar surface area (TPSA) is 72.3 Å². The van der Waals surface area contributed by atoms with Crippen molar-refractivity contribution in [1.29, 1.82) is 0 Å². The van der Waals surface area contributed by atoms with Gasteiger partial charge < -0.3 is 15.1 Å². The van der Waals surface area contributed by atoms with Crippen molar-refractivity contribution in [1.82, 2.24) is 20.0 Å². The molecule has 0 unspecified atom stereocenters. The lowest BCUT2D eigenvalue weighted by molar-refractivity contribution is -0.130. The number of aryl methyl sites for hydroxylation is 1. The third-order valence-corrected chi connectivity index (χ3v) is 6.34.